The molecule has 0 aromatic carbocycles. The molecular formula is C46H73NO3. The number of hydrogen-bond donors (Lipinski definition) is 3. The molecule has 0 aromatic rings. The van der Waals surface area contributed by atoms with Gasteiger partial charge in [-0.2, -0.15) is 0 Å². The molecular weight excluding hydrogens is 615 g/mol. The molecule has 0 saturated heterocycles. The number of rotatable bonds is 33. The van der Waals surface area contributed by atoms with Crippen molar-refractivity contribution < 1.29 is 15.0 Å². The SMILES string of the molecule is CC/C=C\C/C=C\C/C=C\C/C=C\C/C=C\C/C=C\C/C=C\C/C=C\C/C=C\CCCC(=O)NC(CO)C(O)/C=C/CCCCCCCCC. The van der Waals surface area contributed by atoms with Crippen LogP contribution in [-0.2, 0) is 4.79 Å². The van der Waals surface area contributed by atoms with E-state index in [1.165, 1.54) is 38.5 Å². The summed E-state index contributed by atoms with van der Waals surface area (Å²) in [6.45, 7) is 4.11. The summed E-state index contributed by atoms with van der Waals surface area (Å²) >= 11 is 0. The van der Waals surface area contributed by atoms with E-state index in [0.29, 0.717) is 6.42 Å². The number of nitrogens with one attached hydrogen (secondary N) is 1. The third kappa shape index (κ3) is 36.1. The maximum atomic E-state index is 12.3. The molecule has 3 N–H and O–H groups in total. The van der Waals surface area contributed by atoms with Gasteiger partial charge in [-0.1, -0.05) is 174 Å². The molecule has 0 aliphatic heterocycles. The van der Waals surface area contributed by atoms with Gasteiger partial charge in [0.1, 0.15) is 0 Å². The van der Waals surface area contributed by atoms with Crippen molar-refractivity contribution in [3.8, 4) is 0 Å². The van der Waals surface area contributed by atoms with E-state index in [0.717, 1.165) is 83.5 Å². The van der Waals surface area contributed by atoms with E-state index < -0.39 is 12.1 Å². The van der Waals surface area contributed by atoms with Gasteiger partial charge >= 0.3 is 0 Å². The van der Waals surface area contributed by atoms with Crippen LogP contribution in [0.1, 0.15) is 142 Å². The fraction of sp³-hybridized carbons (Fsp3) is 0.543. The lowest BCUT2D eigenvalue weighted by molar-refractivity contribution is -0.122. The van der Waals surface area contributed by atoms with Crippen LogP contribution in [0.2, 0.25) is 0 Å². The van der Waals surface area contributed by atoms with Crippen LogP contribution < -0.4 is 5.32 Å². The van der Waals surface area contributed by atoms with Crippen molar-refractivity contribution in [3.05, 3.63) is 122 Å². The van der Waals surface area contributed by atoms with Crippen LogP contribution in [-0.4, -0.2) is 34.9 Å². The molecule has 0 bridgehead atoms. The molecule has 0 saturated carbocycles. The number of allylic oxidation sites excluding steroid dienone is 19. The Bertz CT molecular complexity index is 1050. The molecule has 280 valence electrons. The van der Waals surface area contributed by atoms with Crippen molar-refractivity contribution in [2.45, 2.75) is 154 Å². The number of aliphatic hydroxyl groups is 2. The van der Waals surface area contributed by atoms with Crippen molar-refractivity contribution in [2.75, 3.05) is 6.61 Å². The van der Waals surface area contributed by atoms with Gasteiger partial charge in [0.2, 0.25) is 5.91 Å². The van der Waals surface area contributed by atoms with Crippen LogP contribution in [0.3, 0.4) is 0 Å². The second kappa shape index (κ2) is 40.2. The average Bonchev–Trinajstić information content (AvgIpc) is 3.12. The van der Waals surface area contributed by atoms with Crippen molar-refractivity contribution in [2.24, 2.45) is 0 Å². The second-order valence-electron chi connectivity index (χ2n) is 12.6. The number of amides is 1. The van der Waals surface area contributed by atoms with E-state index in [4.69, 9.17) is 0 Å². The lowest BCUT2D eigenvalue weighted by atomic mass is 10.1. The monoisotopic (exact) mass is 688 g/mol. The zero-order valence-corrected chi connectivity index (χ0v) is 31.9. The fourth-order valence-corrected chi connectivity index (χ4v) is 4.94. The highest BCUT2D eigenvalue weighted by Gasteiger charge is 2.17. The number of aliphatic hydroxyl groups excluding tert-OH is 2. The largest absolute Gasteiger partial charge is 0.394 e. The summed E-state index contributed by atoms with van der Waals surface area (Å²) in [5, 5.41) is 22.7. The number of carbonyl (C=O) groups excluding carboxylic acids is 1. The van der Waals surface area contributed by atoms with Gasteiger partial charge in [0.15, 0.2) is 0 Å². The Balaban J connectivity index is 3.81. The normalized spacial score (nSPS) is 14.4. The van der Waals surface area contributed by atoms with Crippen molar-refractivity contribution in [1.82, 2.24) is 5.32 Å². The van der Waals surface area contributed by atoms with Crippen LogP contribution in [0, 0.1) is 0 Å². The molecule has 0 aliphatic carbocycles. The molecule has 0 aromatic heterocycles. The van der Waals surface area contributed by atoms with Gasteiger partial charge in [-0.25, -0.2) is 0 Å². The highest BCUT2D eigenvalue weighted by Crippen LogP contribution is 2.09. The van der Waals surface area contributed by atoms with Crippen LogP contribution in [0.15, 0.2) is 122 Å². The smallest absolute Gasteiger partial charge is 0.220 e. The lowest BCUT2D eigenvalue weighted by Gasteiger charge is -2.19. The first-order valence-electron chi connectivity index (χ1n) is 19.7. The second-order valence-corrected chi connectivity index (χ2v) is 12.6. The fourth-order valence-electron chi connectivity index (χ4n) is 4.94. The third-order valence-electron chi connectivity index (χ3n) is 7.95. The molecule has 1 amide bonds. The zero-order valence-electron chi connectivity index (χ0n) is 31.9. The first kappa shape index (κ1) is 46.8. The summed E-state index contributed by atoms with van der Waals surface area (Å²) in [5.41, 5.74) is 0. The van der Waals surface area contributed by atoms with E-state index in [1.807, 2.05) is 6.08 Å². The Morgan fingerprint density at radius 3 is 1.30 bits per heavy atom. The Kier molecular flexibility index (Phi) is 37.6. The molecule has 4 heteroatoms. The molecule has 0 aliphatic rings. The van der Waals surface area contributed by atoms with Gasteiger partial charge in [0.05, 0.1) is 18.8 Å². The van der Waals surface area contributed by atoms with Crippen molar-refractivity contribution >= 4 is 5.91 Å². The standard InChI is InChI=1S/C46H73NO3/c1-3-5-7-9-11-13-14-15-16-17-18-19-20-21-22-23-24-25-26-27-28-29-30-31-32-34-36-38-40-42-46(50)47-44(43-48)45(49)41-39-37-35-33-12-10-8-6-4-2/h5,7,11,13,15-16,18-19,21-22,24-25,27-28,30-31,34,36,39,41,44-45,48-49H,3-4,6,8-10,12,14,17,20,23,26,29,32-33,35,37-38,40,42-43H2,1-2H3,(H,47,50)/b7-5-,13-11-,16-15-,19-18-,22-21-,25-24-,28-27-,31-30-,36-34-,41-39+. The predicted molar refractivity (Wildman–Crippen MR) is 220 cm³/mol. The van der Waals surface area contributed by atoms with E-state index >= 15 is 0 Å². The van der Waals surface area contributed by atoms with Gasteiger partial charge < -0.3 is 15.5 Å². The molecule has 4 nitrogen and oxygen atoms in total. The zero-order chi connectivity index (χ0) is 36.4. The van der Waals surface area contributed by atoms with E-state index in [-0.39, 0.29) is 12.5 Å². The molecule has 0 rings (SSSR count). The van der Waals surface area contributed by atoms with Crippen LogP contribution >= 0.6 is 0 Å². The van der Waals surface area contributed by atoms with Gasteiger partial charge in [-0.15, -0.1) is 0 Å². The van der Waals surface area contributed by atoms with Gasteiger partial charge in [0.25, 0.3) is 0 Å². The Labute approximate surface area is 308 Å². The summed E-state index contributed by atoms with van der Waals surface area (Å²) in [4.78, 5) is 12.3. The summed E-state index contributed by atoms with van der Waals surface area (Å²) in [6, 6.07) is -0.659. The summed E-state index contributed by atoms with van der Waals surface area (Å²) in [5.74, 6) is -0.132. The average molecular weight is 688 g/mol. The minimum absolute atomic E-state index is 0.132. The van der Waals surface area contributed by atoms with Crippen LogP contribution in [0.4, 0.5) is 0 Å². The topological polar surface area (TPSA) is 69.6 Å². The summed E-state index contributed by atoms with van der Waals surface area (Å²) < 4.78 is 0. The van der Waals surface area contributed by atoms with Crippen molar-refractivity contribution in [3.63, 3.8) is 0 Å². The Hall–Kier alpha value is -3.21. The highest BCUT2D eigenvalue weighted by molar-refractivity contribution is 5.76. The van der Waals surface area contributed by atoms with Gasteiger partial charge in [-0.3, -0.25) is 4.79 Å². The van der Waals surface area contributed by atoms with Crippen LogP contribution in [0.25, 0.3) is 0 Å². The molecule has 0 heterocycles. The molecule has 0 fully saturated rings. The maximum absolute atomic E-state index is 12.3. The number of unbranched alkanes of at least 4 members (excludes halogenated alkanes) is 8. The quantitative estimate of drug-likeness (QED) is 0.0475. The molecule has 2 atom stereocenters. The first-order valence-corrected chi connectivity index (χ1v) is 19.7. The van der Waals surface area contributed by atoms with Gasteiger partial charge in [-0.05, 0) is 83.5 Å². The minimum Gasteiger partial charge on any atom is -0.394 e. The minimum atomic E-state index is -0.869. The van der Waals surface area contributed by atoms with Crippen molar-refractivity contribution in [1.29, 1.82) is 0 Å². The third-order valence-corrected chi connectivity index (χ3v) is 7.95. The number of hydrogen-bond acceptors (Lipinski definition) is 3. The molecule has 2 unspecified atom stereocenters. The van der Waals surface area contributed by atoms with E-state index in [2.05, 4.69) is 129 Å². The highest BCUT2D eigenvalue weighted by atomic mass is 16.3. The summed E-state index contributed by atoms with van der Waals surface area (Å²) in [7, 11) is 0. The Morgan fingerprint density at radius 2 is 0.880 bits per heavy atom. The first-order chi connectivity index (χ1) is 24.7. The molecule has 50 heavy (non-hydrogen) atoms. The molecule has 0 radical (unpaired) electrons. The predicted octanol–water partition coefficient (Wildman–Crippen LogP) is 12.2. The molecule has 0 spiro atoms. The van der Waals surface area contributed by atoms with Crippen LogP contribution in [0.5, 0.6) is 0 Å². The maximum Gasteiger partial charge on any atom is 0.220 e. The summed E-state index contributed by atoms with van der Waals surface area (Å²) in [6.07, 6.45) is 63.0. The van der Waals surface area contributed by atoms with Gasteiger partial charge in [0, 0.05) is 6.42 Å². The lowest BCUT2D eigenvalue weighted by Crippen LogP contribution is -2.45. The van der Waals surface area contributed by atoms with E-state index in [9.17, 15) is 15.0 Å². The number of carbonyl (C=O) groups is 1. The van der Waals surface area contributed by atoms with E-state index in [1.54, 1.807) is 6.08 Å². The Morgan fingerprint density at radius 1 is 0.500 bits per heavy atom.